The van der Waals surface area contributed by atoms with Crippen LogP contribution in [0.15, 0.2) is 0 Å². The number of hydroxylamine groups is 1. The third kappa shape index (κ3) is 4.97. The molecule has 0 saturated carbocycles. The second-order valence-corrected chi connectivity index (χ2v) is 6.28. The SMILES string of the molecule is CN1CCC(CONC(=O)OC(C)(C)C)(C(=O)O)CC1. The molecule has 0 atom stereocenters. The quantitative estimate of drug-likeness (QED) is 0.757. The molecule has 1 aliphatic heterocycles. The zero-order chi connectivity index (χ0) is 15.4. The van der Waals surface area contributed by atoms with Gasteiger partial charge in [-0.25, -0.2) is 4.79 Å². The van der Waals surface area contributed by atoms with Crippen molar-refractivity contribution in [3.05, 3.63) is 0 Å². The maximum Gasteiger partial charge on any atom is 0.431 e. The third-order valence-corrected chi connectivity index (χ3v) is 3.30. The Labute approximate surface area is 119 Å². The molecular formula is C13H24N2O5. The van der Waals surface area contributed by atoms with Gasteiger partial charge in [-0.3, -0.25) is 9.63 Å². The van der Waals surface area contributed by atoms with Crippen LogP contribution in [0, 0.1) is 5.41 Å². The number of aliphatic carboxylic acids is 1. The summed E-state index contributed by atoms with van der Waals surface area (Å²) in [5.74, 6) is -0.892. The molecule has 7 nitrogen and oxygen atoms in total. The third-order valence-electron chi connectivity index (χ3n) is 3.30. The van der Waals surface area contributed by atoms with E-state index in [1.54, 1.807) is 20.8 Å². The van der Waals surface area contributed by atoms with Crippen molar-refractivity contribution in [3.8, 4) is 0 Å². The van der Waals surface area contributed by atoms with E-state index in [2.05, 4.69) is 10.4 Å². The lowest BCUT2D eigenvalue weighted by Crippen LogP contribution is -2.47. The Balaban J connectivity index is 2.45. The lowest BCUT2D eigenvalue weighted by Gasteiger charge is -2.36. The normalized spacial score (nSPS) is 19.4. The van der Waals surface area contributed by atoms with E-state index in [1.165, 1.54) is 0 Å². The van der Waals surface area contributed by atoms with Gasteiger partial charge < -0.3 is 14.7 Å². The van der Waals surface area contributed by atoms with Gasteiger partial charge in [-0.1, -0.05) is 0 Å². The maximum absolute atomic E-state index is 11.4. The fraction of sp³-hybridized carbons (Fsp3) is 0.846. The molecular weight excluding hydrogens is 264 g/mol. The second-order valence-electron chi connectivity index (χ2n) is 6.28. The predicted molar refractivity (Wildman–Crippen MR) is 72.1 cm³/mol. The Morgan fingerprint density at radius 3 is 2.30 bits per heavy atom. The molecule has 1 rings (SSSR count). The second kappa shape index (κ2) is 6.41. The molecule has 0 aromatic carbocycles. The number of piperidine rings is 1. The fourth-order valence-corrected chi connectivity index (χ4v) is 2.00. The van der Waals surface area contributed by atoms with Crippen LogP contribution in [0.3, 0.4) is 0 Å². The van der Waals surface area contributed by atoms with Gasteiger partial charge in [0.05, 0.1) is 12.0 Å². The van der Waals surface area contributed by atoms with Crippen LogP contribution in [0.1, 0.15) is 33.6 Å². The Morgan fingerprint density at radius 1 is 1.30 bits per heavy atom. The van der Waals surface area contributed by atoms with Crippen molar-refractivity contribution in [2.45, 2.75) is 39.2 Å². The number of hydrogen-bond donors (Lipinski definition) is 2. The zero-order valence-electron chi connectivity index (χ0n) is 12.6. The van der Waals surface area contributed by atoms with Crippen molar-refractivity contribution in [2.75, 3.05) is 26.7 Å². The van der Waals surface area contributed by atoms with Crippen LogP contribution in [0.25, 0.3) is 0 Å². The van der Waals surface area contributed by atoms with Crippen molar-refractivity contribution >= 4 is 12.1 Å². The highest BCUT2D eigenvalue weighted by Crippen LogP contribution is 2.31. The first-order valence-corrected chi connectivity index (χ1v) is 6.67. The van der Waals surface area contributed by atoms with Gasteiger partial charge in [0, 0.05) is 0 Å². The Hall–Kier alpha value is -1.34. The number of ether oxygens (including phenoxy) is 1. The molecule has 0 radical (unpaired) electrons. The molecule has 1 aliphatic rings. The summed E-state index contributed by atoms with van der Waals surface area (Å²) in [4.78, 5) is 30.0. The van der Waals surface area contributed by atoms with Crippen LogP contribution in [-0.4, -0.2) is 54.4 Å². The van der Waals surface area contributed by atoms with E-state index >= 15 is 0 Å². The molecule has 1 amide bonds. The number of nitrogens with zero attached hydrogens (tertiary/aromatic N) is 1. The monoisotopic (exact) mass is 288 g/mol. The van der Waals surface area contributed by atoms with Gasteiger partial charge >= 0.3 is 12.1 Å². The highest BCUT2D eigenvalue weighted by Gasteiger charge is 2.41. The summed E-state index contributed by atoms with van der Waals surface area (Å²) in [6.07, 6.45) is 0.273. The van der Waals surface area contributed by atoms with Gasteiger partial charge in [0.15, 0.2) is 0 Å². The standard InChI is InChI=1S/C13H24N2O5/c1-12(2,3)20-11(18)14-19-9-13(10(16)17)5-7-15(4)8-6-13/h5-9H2,1-4H3,(H,14,18)(H,16,17). The van der Waals surface area contributed by atoms with E-state index in [0.717, 1.165) is 0 Å². The largest absolute Gasteiger partial charge is 0.481 e. The summed E-state index contributed by atoms with van der Waals surface area (Å²) in [6.45, 7) is 6.55. The van der Waals surface area contributed by atoms with Gasteiger partial charge in [0.2, 0.25) is 0 Å². The van der Waals surface area contributed by atoms with Gasteiger partial charge in [0.1, 0.15) is 5.60 Å². The number of amides is 1. The van der Waals surface area contributed by atoms with Crippen LogP contribution in [0.4, 0.5) is 4.79 Å². The van der Waals surface area contributed by atoms with Crippen molar-refractivity contribution in [2.24, 2.45) is 5.41 Å². The first kappa shape index (κ1) is 16.7. The first-order valence-electron chi connectivity index (χ1n) is 6.67. The average molecular weight is 288 g/mol. The average Bonchev–Trinajstić information content (AvgIpc) is 2.29. The van der Waals surface area contributed by atoms with E-state index in [1.807, 2.05) is 7.05 Å². The number of rotatable bonds is 4. The highest BCUT2D eigenvalue weighted by atomic mass is 16.7. The van der Waals surface area contributed by atoms with E-state index in [0.29, 0.717) is 25.9 Å². The molecule has 0 aromatic rings. The number of carboxylic acids is 1. The summed E-state index contributed by atoms with van der Waals surface area (Å²) in [6, 6.07) is 0. The molecule has 0 spiro atoms. The number of hydrogen-bond acceptors (Lipinski definition) is 5. The molecule has 1 heterocycles. The molecule has 2 N–H and O–H groups in total. The van der Waals surface area contributed by atoms with Gasteiger partial charge in [-0.2, -0.15) is 5.48 Å². The van der Waals surface area contributed by atoms with E-state index in [4.69, 9.17) is 9.57 Å². The number of carbonyl (C=O) groups is 2. The lowest BCUT2D eigenvalue weighted by molar-refractivity contribution is -0.159. The van der Waals surface area contributed by atoms with E-state index in [-0.39, 0.29) is 6.61 Å². The molecule has 20 heavy (non-hydrogen) atoms. The summed E-state index contributed by atoms with van der Waals surface area (Å²) in [5, 5.41) is 9.38. The summed E-state index contributed by atoms with van der Waals surface area (Å²) in [5.41, 5.74) is 0.577. The molecule has 1 fully saturated rings. The molecule has 1 saturated heterocycles. The van der Waals surface area contributed by atoms with Gasteiger partial charge in [-0.15, -0.1) is 0 Å². The molecule has 0 unspecified atom stereocenters. The molecule has 0 aliphatic carbocycles. The molecule has 0 bridgehead atoms. The van der Waals surface area contributed by atoms with Crippen LogP contribution < -0.4 is 5.48 Å². The highest BCUT2D eigenvalue weighted by molar-refractivity contribution is 5.75. The van der Waals surface area contributed by atoms with E-state index in [9.17, 15) is 14.7 Å². The number of likely N-dealkylation sites (tertiary alicyclic amines) is 1. The summed E-state index contributed by atoms with van der Waals surface area (Å²) in [7, 11) is 1.95. The summed E-state index contributed by atoms with van der Waals surface area (Å²) >= 11 is 0. The minimum Gasteiger partial charge on any atom is -0.481 e. The van der Waals surface area contributed by atoms with Crippen LogP contribution in [0.5, 0.6) is 0 Å². The van der Waals surface area contributed by atoms with Crippen LogP contribution in [0.2, 0.25) is 0 Å². The molecule has 116 valence electrons. The van der Waals surface area contributed by atoms with Crippen molar-refractivity contribution in [3.63, 3.8) is 0 Å². The van der Waals surface area contributed by atoms with Crippen molar-refractivity contribution in [1.29, 1.82) is 0 Å². The van der Waals surface area contributed by atoms with Gasteiger partial charge in [-0.05, 0) is 53.8 Å². The van der Waals surface area contributed by atoms with Crippen LogP contribution >= 0.6 is 0 Å². The van der Waals surface area contributed by atoms with E-state index < -0.39 is 23.1 Å². The lowest BCUT2D eigenvalue weighted by atomic mass is 9.79. The van der Waals surface area contributed by atoms with Gasteiger partial charge in [0.25, 0.3) is 0 Å². The zero-order valence-corrected chi connectivity index (χ0v) is 12.6. The van der Waals surface area contributed by atoms with Crippen molar-refractivity contribution in [1.82, 2.24) is 10.4 Å². The Kier molecular flexibility index (Phi) is 5.35. The summed E-state index contributed by atoms with van der Waals surface area (Å²) < 4.78 is 5.01. The predicted octanol–water partition coefficient (Wildman–Crippen LogP) is 1.24. The number of carbonyl (C=O) groups excluding carboxylic acids is 1. The molecule has 7 heteroatoms. The minimum absolute atomic E-state index is 0.0601. The first-order chi connectivity index (χ1) is 9.15. The maximum atomic E-state index is 11.4. The molecule has 0 aromatic heterocycles. The smallest absolute Gasteiger partial charge is 0.431 e. The Bertz CT molecular complexity index is 356. The Morgan fingerprint density at radius 2 is 1.85 bits per heavy atom. The minimum atomic E-state index is -0.943. The number of carboxylic acid groups (broad SMARTS) is 1. The van der Waals surface area contributed by atoms with Crippen LogP contribution in [-0.2, 0) is 14.4 Å². The topological polar surface area (TPSA) is 88.1 Å². The van der Waals surface area contributed by atoms with Crippen molar-refractivity contribution < 1.29 is 24.3 Å². The number of nitrogens with one attached hydrogen (secondary N) is 1. The fourth-order valence-electron chi connectivity index (χ4n) is 2.00.